The second-order valence-electron chi connectivity index (χ2n) is 9.24. The fourth-order valence-corrected chi connectivity index (χ4v) is 4.22. The number of piperidine rings is 3. The molecule has 0 aromatic rings. The molecule has 3 fully saturated rings. The van der Waals surface area contributed by atoms with E-state index in [1.807, 2.05) is 0 Å². The zero-order chi connectivity index (χ0) is 29.6. The van der Waals surface area contributed by atoms with Crippen molar-refractivity contribution in [1.82, 2.24) is 0 Å². The Hall–Kier alpha value is -2.31. The van der Waals surface area contributed by atoms with Gasteiger partial charge < -0.3 is 52.6 Å². The molecule has 10 N–H and O–H groups in total. The van der Waals surface area contributed by atoms with Crippen LogP contribution in [0.1, 0.15) is 57.8 Å². The van der Waals surface area contributed by atoms with E-state index in [1.165, 1.54) is 63.5 Å². The summed E-state index contributed by atoms with van der Waals surface area (Å²) in [7, 11) is 0. The van der Waals surface area contributed by atoms with Gasteiger partial charge in [0.15, 0.2) is 0 Å². The van der Waals surface area contributed by atoms with E-state index in [4.69, 9.17) is 20.4 Å². The summed E-state index contributed by atoms with van der Waals surface area (Å²) in [5.41, 5.74) is 1.19. The van der Waals surface area contributed by atoms with Crippen LogP contribution in [0.2, 0.25) is 0 Å². The zero-order valence-corrected chi connectivity index (χ0v) is 31.2. The Kier molecular flexibility index (Phi) is 33.9. The fraction of sp³-hybridized carbons (Fsp3) is 0.571. The summed E-state index contributed by atoms with van der Waals surface area (Å²) in [5.74, 6) is -5.03. The van der Waals surface area contributed by atoms with Crippen molar-refractivity contribution in [2.75, 3.05) is 26.2 Å². The molecule has 4 heterocycles. The van der Waals surface area contributed by atoms with E-state index in [2.05, 4.69) is 39.5 Å². The first-order chi connectivity index (χ1) is 19.2. The molecule has 0 spiro atoms. The molecule has 0 saturated carbocycles. The fourth-order valence-electron chi connectivity index (χ4n) is 4.22. The van der Waals surface area contributed by atoms with Gasteiger partial charge in [-0.05, 0) is 0 Å². The average molecular weight is 729 g/mol. The van der Waals surface area contributed by atoms with Crippen LogP contribution in [0.4, 0.5) is 0 Å². The maximum atomic E-state index is 9.55. The van der Waals surface area contributed by atoms with Crippen LogP contribution in [0.15, 0.2) is 48.2 Å². The van der Waals surface area contributed by atoms with Crippen molar-refractivity contribution in [2.45, 2.75) is 75.9 Å². The van der Waals surface area contributed by atoms with Gasteiger partial charge in [-0.3, -0.25) is 0 Å². The van der Waals surface area contributed by atoms with Gasteiger partial charge >= 0.3 is 62.8 Å². The van der Waals surface area contributed by atoms with Crippen molar-refractivity contribution in [3.05, 3.63) is 69.5 Å². The summed E-state index contributed by atoms with van der Waals surface area (Å²) < 4.78 is 0. The topological polar surface area (TPSA) is 272 Å². The van der Waals surface area contributed by atoms with Crippen LogP contribution >= 0.6 is 0 Å². The predicted octanol–water partition coefficient (Wildman–Crippen LogP) is 3.15. The second kappa shape index (κ2) is 30.7. The molecule has 0 aliphatic carbocycles. The number of carboxylic acid groups (broad SMARTS) is 4. The molecule has 14 nitrogen and oxygen atoms in total. The van der Waals surface area contributed by atoms with Gasteiger partial charge in [-0.1, -0.05) is 69.9 Å². The maximum Gasteiger partial charge on any atom is 2.00 e. The first-order valence-corrected chi connectivity index (χ1v) is 13.5. The minimum atomic E-state index is -1.26. The summed E-state index contributed by atoms with van der Waals surface area (Å²) in [4.78, 5) is 38.2. The van der Waals surface area contributed by atoms with Gasteiger partial charge in [0.25, 0.3) is 0 Å². The molecule has 4 aliphatic rings. The number of carbonyl (C=O) groups is 4. The third-order valence-corrected chi connectivity index (χ3v) is 6.08. The number of allylic oxidation sites excluding steroid dienone is 2. The second-order valence-corrected chi connectivity index (χ2v) is 9.24. The molecule has 3 saturated heterocycles. The molecule has 240 valence electrons. The van der Waals surface area contributed by atoms with Crippen LogP contribution < -0.4 is 0 Å². The molecular weight excluding hydrogens is 683 g/mol. The van der Waals surface area contributed by atoms with Crippen LogP contribution in [-0.2, 0) is 69.1 Å². The van der Waals surface area contributed by atoms with Gasteiger partial charge in [0, 0.05) is 24.3 Å². The van der Waals surface area contributed by atoms with Crippen molar-refractivity contribution in [3.8, 4) is 0 Å². The van der Waals surface area contributed by atoms with Gasteiger partial charge in [0.2, 0.25) is 0 Å². The molecule has 0 aromatic carbocycles. The van der Waals surface area contributed by atoms with Gasteiger partial charge in [-0.2, -0.15) is 17.8 Å². The number of aliphatic carboxylic acids is 4. The molecule has 0 amide bonds. The standard InChI is InChI=1S/C10H18N2.C10H14N2.2C4H4O4.2H2O.2Zn/c2*1-3-7-11-9(5-1)10-6-2-4-8-12-10;2*5-3(6)1-2-4(7)8;;;;/h9-10H,1-8H2;1,3,5,10H,2,4,6-8H2;2*1-2H,(H,5,6)(H,7,8);2*1H2;;/q2*-2;;;;;2*+2/p+2. The first kappa shape index (κ1) is 48.6. The number of nitrogens with zero attached hydrogens (tertiary/aromatic N) is 4. The van der Waals surface area contributed by atoms with E-state index >= 15 is 0 Å². The van der Waals surface area contributed by atoms with Crippen molar-refractivity contribution in [2.24, 2.45) is 0 Å². The molecule has 3 atom stereocenters. The molecule has 4 aliphatic heterocycles. The number of hydrogen-bond acceptors (Lipinski definition) is 4. The van der Waals surface area contributed by atoms with E-state index < -0.39 is 23.9 Å². The van der Waals surface area contributed by atoms with Crippen LogP contribution in [0.25, 0.3) is 21.3 Å². The minimum Gasteiger partial charge on any atom is -0.686 e. The summed E-state index contributed by atoms with van der Waals surface area (Å²) in [5, 5.41) is 49.6. The Morgan fingerprint density at radius 1 is 0.614 bits per heavy atom. The normalized spacial score (nSPS) is 21.8. The Labute approximate surface area is 284 Å². The minimum absolute atomic E-state index is 0. The first-order valence-electron chi connectivity index (χ1n) is 13.5. The van der Waals surface area contributed by atoms with Gasteiger partial charge in [0.05, 0.1) is 0 Å². The Balaban J connectivity index is -0.000000240. The van der Waals surface area contributed by atoms with Crippen LogP contribution in [0, 0.1) is 0 Å². The predicted molar refractivity (Wildman–Crippen MR) is 162 cm³/mol. The largest absolute Gasteiger partial charge is 2.00 e. The molecular formula is C28H46N4O10Zn2+2. The summed E-state index contributed by atoms with van der Waals surface area (Å²) in [6, 6.07) is 1.60. The van der Waals surface area contributed by atoms with Crippen molar-refractivity contribution >= 4 is 23.9 Å². The summed E-state index contributed by atoms with van der Waals surface area (Å²) >= 11 is 0. The van der Waals surface area contributed by atoms with E-state index in [-0.39, 0.29) is 49.9 Å². The molecule has 0 radical (unpaired) electrons. The Bertz CT molecular complexity index is 832. The van der Waals surface area contributed by atoms with E-state index in [0.717, 1.165) is 26.2 Å². The molecule has 16 heteroatoms. The number of carboxylic acids is 4. The number of hydrogen-bond donors (Lipinski definition) is 4. The van der Waals surface area contributed by atoms with Gasteiger partial charge in [0.1, 0.15) is 0 Å². The van der Waals surface area contributed by atoms with Crippen molar-refractivity contribution in [1.29, 1.82) is 0 Å². The summed E-state index contributed by atoms with van der Waals surface area (Å²) in [6.45, 7) is 4.06. The van der Waals surface area contributed by atoms with Crippen LogP contribution in [0.3, 0.4) is 0 Å². The SMILES string of the molecule is C1=CC[N-]C(C2CCCC[N-]2)=C1.C1CCC(C2CCCC[N-]2)[N-]C1.O=C(O)C=CC(=O)O.O=C(O)C=CC(=O)O.[OH3+].[OH3+].[Zn+2].[Zn+2]. The number of rotatable bonds is 6. The van der Waals surface area contributed by atoms with Gasteiger partial charge in [-0.25, -0.2) is 19.2 Å². The van der Waals surface area contributed by atoms with Crippen LogP contribution in [0.5, 0.6) is 0 Å². The van der Waals surface area contributed by atoms with Crippen molar-refractivity contribution in [3.63, 3.8) is 0 Å². The monoisotopic (exact) mass is 726 g/mol. The van der Waals surface area contributed by atoms with Gasteiger partial charge in [-0.15, -0.1) is 38.3 Å². The van der Waals surface area contributed by atoms with E-state index in [9.17, 15) is 19.2 Å². The van der Waals surface area contributed by atoms with Crippen molar-refractivity contribution < 1.29 is 89.5 Å². The molecule has 3 unspecified atom stereocenters. The third kappa shape index (κ3) is 26.1. The maximum absolute atomic E-state index is 9.55. The molecule has 44 heavy (non-hydrogen) atoms. The average Bonchev–Trinajstić information content (AvgIpc) is 2.98. The molecule has 0 bridgehead atoms. The smallest absolute Gasteiger partial charge is 0.686 e. The van der Waals surface area contributed by atoms with E-state index in [0.29, 0.717) is 42.4 Å². The quantitative estimate of drug-likeness (QED) is 0.179. The molecule has 0 aromatic heterocycles. The molecule has 4 rings (SSSR count). The zero-order valence-electron chi connectivity index (χ0n) is 25.2. The van der Waals surface area contributed by atoms with Crippen LogP contribution in [-0.4, -0.2) is 88.6 Å². The Morgan fingerprint density at radius 2 is 1.00 bits per heavy atom. The Morgan fingerprint density at radius 3 is 1.27 bits per heavy atom. The van der Waals surface area contributed by atoms with E-state index in [1.54, 1.807) is 0 Å². The summed E-state index contributed by atoms with van der Waals surface area (Å²) in [6.07, 6.45) is 20.2. The third-order valence-electron chi connectivity index (χ3n) is 6.08.